The molecule has 0 aliphatic carbocycles. The smallest absolute Gasteiger partial charge is 0.106 e. The molecular formula is C13H18ClN5. The van der Waals surface area contributed by atoms with Crippen molar-refractivity contribution in [2.45, 2.75) is 32.9 Å². The minimum atomic E-state index is -0.263. The van der Waals surface area contributed by atoms with E-state index in [1.165, 1.54) is 0 Å². The van der Waals surface area contributed by atoms with Crippen LogP contribution in [0.1, 0.15) is 36.3 Å². The lowest BCUT2D eigenvalue weighted by molar-refractivity contribution is 0.515. The van der Waals surface area contributed by atoms with Gasteiger partial charge in [0.15, 0.2) is 0 Å². The Bertz CT molecular complexity index is 552. The maximum atomic E-state index is 6.24. The highest BCUT2D eigenvalue weighted by molar-refractivity contribution is 6.31. The predicted octanol–water partition coefficient (Wildman–Crippen LogP) is 2.20. The summed E-state index contributed by atoms with van der Waals surface area (Å²) in [7, 11) is 0. The van der Waals surface area contributed by atoms with E-state index in [1.54, 1.807) is 12.4 Å². The van der Waals surface area contributed by atoms with E-state index in [-0.39, 0.29) is 6.04 Å². The Hall–Kier alpha value is -1.43. The first-order valence-electron chi connectivity index (χ1n) is 6.27. The van der Waals surface area contributed by atoms with Gasteiger partial charge in [0, 0.05) is 12.7 Å². The van der Waals surface area contributed by atoms with Gasteiger partial charge in [-0.05, 0) is 31.0 Å². The first-order chi connectivity index (χ1) is 9.17. The third-order valence-corrected chi connectivity index (χ3v) is 3.23. The van der Waals surface area contributed by atoms with Gasteiger partial charge >= 0.3 is 0 Å². The van der Waals surface area contributed by atoms with Gasteiger partial charge in [-0.2, -0.15) is 5.10 Å². The summed E-state index contributed by atoms with van der Waals surface area (Å²) in [6.45, 7) is 4.91. The molecule has 5 nitrogen and oxygen atoms in total. The first kappa shape index (κ1) is 14.0. The standard InChI is InChI=1S/C13H18ClN5/c1-3-6-19-13(10(14)8-17-19)12(18-15)11-7-9(2)4-5-16-11/h4-5,7-8,12,18H,3,6,15H2,1-2H3. The molecule has 0 radical (unpaired) electrons. The Kier molecular flexibility index (Phi) is 4.52. The van der Waals surface area contributed by atoms with Gasteiger partial charge < -0.3 is 0 Å². The molecule has 0 spiro atoms. The van der Waals surface area contributed by atoms with Crippen molar-refractivity contribution in [3.63, 3.8) is 0 Å². The molecule has 0 fully saturated rings. The Labute approximate surface area is 117 Å². The molecule has 2 rings (SSSR count). The number of rotatable bonds is 5. The summed E-state index contributed by atoms with van der Waals surface area (Å²) in [5.41, 5.74) is 5.59. The summed E-state index contributed by atoms with van der Waals surface area (Å²) in [4.78, 5) is 4.37. The molecule has 1 unspecified atom stereocenters. The number of nitrogens with one attached hydrogen (secondary N) is 1. The molecule has 19 heavy (non-hydrogen) atoms. The average Bonchev–Trinajstić information content (AvgIpc) is 2.74. The number of nitrogens with zero attached hydrogens (tertiary/aromatic N) is 3. The number of hydrazine groups is 1. The molecule has 1 atom stereocenters. The van der Waals surface area contributed by atoms with Crippen molar-refractivity contribution in [3.8, 4) is 0 Å². The predicted molar refractivity (Wildman–Crippen MR) is 75.7 cm³/mol. The van der Waals surface area contributed by atoms with Crippen molar-refractivity contribution < 1.29 is 0 Å². The minimum absolute atomic E-state index is 0.263. The lowest BCUT2D eigenvalue weighted by Gasteiger charge is -2.18. The number of hydrogen-bond donors (Lipinski definition) is 2. The van der Waals surface area contributed by atoms with Crippen LogP contribution in [0.3, 0.4) is 0 Å². The third kappa shape index (κ3) is 2.94. The summed E-state index contributed by atoms with van der Waals surface area (Å²) in [5.74, 6) is 5.69. The Balaban J connectivity index is 2.44. The van der Waals surface area contributed by atoms with E-state index in [4.69, 9.17) is 17.4 Å². The van der Waals surface area contributed by atoms with Crippen LogP contribution in [0.5, 0.6) is 0 Å². The van der Waals surface area contributed by atoms with Crippen LogP contribution in [0.25, 0.3) is 0 Å². The second kappa shape index (κ2) is 6.14. The monoisotopic (exact) mass is 279 g/mol. The average molecular weight is 280 g/mol. The summed E-state index contributed by atoms with van der Waals surface area (Å²) in [6, 6.07) is 3.67. The minimum Gasteiger partial charge on any atom is -0.270 e. The van der Waals surface area contributed by atoms with Gasteiger partial charge in [0.25, 0.3) is 0 Å². The van der Waals surface area contributed by atoms with Crippen LogP contribution in [-0.4, -0.2) is 14.8 Å². The van der Waals surface area contributed by atoms with E-state index in [0.29, 0.717) is 5.02 Å². The molecule has 0 aromatic carbocycles. The fraction of sp³-hybridized carbons (Fsp3) is 0.385. The fourth-order valence-electron chi connectivity index (χ4n) is 2.07. The number of halogens is 1. The molecule has 6 heteroatoms. The molecule has 0 bridgehead atoms. The number of hydrogen-bond acceptors (Lipinski definition) is 4. The zero-order valence-corrected chi connectivity index (χ0v) is 11.9. The quantitative estimate of drug-likeness (QED) is 0.650. The SMILES string of the molecule is CCCn1ncc(Cl)c1C(NN)c1cc(C)ccn1. The second-order valence-corrected chi connectivity index (χ2v) is 4.87. The Morgan fingerprint density at radius 3 is 2.95 bits per heavy atom. The zero-order chi connectivity index (χ0) is 13.8. The van der Waals surface area contributed by atoms with Crippen LogP contribution in [0.15, 0.2) is 24.5 Å². The van der Waals surface area contributed by atoms with Crippen molar-refractivity contribution in [3.05, 3.63) is 46.5 Å². The van der Waals surface area contributed by atoms with E-state index in [9.17, 15) is 0 Å². The maximum absolute atomic E-state index is 6.24. The molecule has 2 aromatic heterocycles. The molecular weight excluding hydrogens is 262 g/mol. The molecule has 102 valence electrons. The van der Waals surface area contributed by atoms with Crippen LogP contribution in [0.2, 0.25) is 5.02 Å². The molecule has 0 aliphatic heterocycles. The van der Waals surface area contributed by atoms with Crippen molar-refractivity contribution in [1.29, 1.82) is 0 Å². The summed E-state index contributed by atoms with van der Waals surface area (Å²) in [6.07, 6.45) is 4.39. The van der Waals surface area contributed by atoms with Crippen LogP contribution < -0.4 is 11.3 Å². The lowest BCUT2D eigenvalue weighted by Crippen LogP contribution is -2.31. The Morgan fingerprint density at radius 2 is 2.32 bits per heavy atom. The Morgan fingerprint density at radius 1 is 1.53 bits per heavy atom. The van der Waals surface area contributed by atoms with Gasteiger partial charge in [0.05, 0.1) is 22.6 Å². The molecule has 0 saturated heterocycles. The molecule has 0 amide bonds. The fourth-order valence-corrected chi connectivity index (χ4v) is 2.32. The van der Waals surface area contributed by atoms with Gasteiger partial charge in [-0.1, -0.05) is 18.5 Å². The van der Waals surface area contributed by atoms with E-state index in [1.807, 2.05) is 23.7 Å². The van der Waals surface area contributed by atoms with Gasteiger partial charge in [-0.3, -0.25) is 15.5 Å². The number of aromatic nitrogens is 3. The van der Waals surface area contributed by atoms with E-state index >= 15 is 0 Å². The van der Waals surface area contributed by atoms with Crippen LogP contribution in [0.4, 0.5) is 0 Å². The third-order valence-electron chi connectivity index (χ3n) is 2.94. The van der Waals surface area contributed by atoms with Crippen molar-refractivity contribution in [2.24, 2.45) is 5.84 Å². The highest BCUT2D eigenvalue weighted by atomic mass is 35.5. The molecule has 2 aromatic rings. The highest BCUT2D eigenvalue weighted by Crippen LogP contribution is 2.27. The first-order valence-corrected chi connectivity index (χ1v) is 6.65. The highest BCUT2D eigenvalue weighted by Gasteiger charge is 2.22. The number of nitrogens with two attached hydrogens (primary N) is 1. The van der Waals surface area contributed by atoms with Crippen LogP contribution in [-0.2, 0) is 6.54 Å². The van der Waals surface area contributed by atoms with E-state index < -0.39 is 0 Å². The molecule has 0 aliphatic rings. The topological polar surface area (TPSA) is 68.8 Å². The number of aryl methyl sites for hydroxylation is 2. The normalized spacial score (nSPS) is 12.6. The van der Waals surface area contributed by atoms with Crippen LogP contribution >= 0.6 is 11.6 Å². The van der Waals surface area contributed by atoms with Crippen LogP contribution in [0, 0.1) is 6.92 Å². The summed E-state index contributed by atoms with van der Waals surface area (Å²) in [5, 5.41) is 4.88. The second-order valence-electron chi connectivity index (χ2n) is 4.46. The van der Waals surface area contributed by atoms with Crippen molar-refractivity contribution in [1.82, 2.24) is 20.2 Å². The molecule has 2 heterocycles. The van der Waals surface area contributed by atoms with Crippen molar-refractivity contribution >= 4 is 11.6 Å². The van der Waals surface area contributed by atoms with Crippen molar-refractivity contribution in [2.75, 3.05) is 0 Å². The molecule has 3 N–H and O–H groups in total. The van der Waals surface area contributed by atoms with Gasteiger partial charge in [-0.25, -0.2) is 5.43 Å². The van der Waals surface area contributed by atoms with E-state index in [0.717, 1.165) is 29.9 Å². The largest absolute Gasteiger partial charge is 0.270 e. The summed E-state index contributed by atoms with van der Waals surface area (Å²) < 4.78 is 1.87. The molecule has 0 saturated carbocycles. The lowest BCUT2D eigenvalue weighted by atomic mass is 10.1. The van der Waals surface area contributed by atoms with Gasteiger partial charge in [0.1, 0.15) is 6.04 Å². The van der Waals surface area contributed by atoms with Gasteiger partial charge in [0.2, 0.25) is 0 Å². The zero-order valence-electron chi connectivity index (χ0n) is 11.1. The summed E-state index contributed by atoms with van der Waals surface area (Å²) >= 11 is 6.24. The maximum Gasteiger partial charge on any atom is 0.106 e. The van der Waals surface area contributed by atoms with Gasteiger partial charge in [-0.15, -0.1) is 0 Å². The van der Waals surface area contributed by atoms with E-state index in [2.05, 4.69) is 22.4 Å². The number of pyridine rings is 1.